The molecule has 4 heteroatoms. The molecule has 8 atom stereocenters. The van der Waals surface area contributed by atoms with Crippen molar-refractivity contribution in [3.05, 3.63) is 0 Å². The van der Waals surface area contributed by atoms with Gasteiger partial charge in [0.15, 0.2) is 0 Å². The number of piperazine rings is 1. The Hall–Kier alpha value is -0.160. The Kier molecular flexibility index (Phi) is 4.94. The van der Waals surface area contributed by atoms with Crippen LogP contribution in [-0.4, -0.2) is 47.2 Å². The molecule has 4 rings (SSSR count). The molecular weight excluding hydrogens is 296 g/mol. The van der Waals surface area contributed by atoms with E-state index in [2.05, 4.69) is 24.1 Å². The van der Waals surface area contributed by atoms with Crippen LogP contribution in [0.4, 0.5) is 0 Å². The highest BCUT2D eigenvalue weighted by molar-refractivity contribution is 5.09. The molecule has 0 amide bonds. The van der Waals surface area contributed by atoms with Crippen LogP contribution in [-0.2, 0) is 0 Å². The first kappa shape index (κ1) is 17.3. The summed E-state index contributed by atoms with van der Waals surface area (Å²) in [5.41, 5.74) is 13.0. The topological polar surface area (TPSA) is 67.3 Å². The van der Waals surface area contributed by atoms with Gasteiger partial charge in [-0.25, -0.2) is 0 Å². The van der Waals surface area contributed by atoms with Crippen LogP contribution in [0, 0.1) is 11.8 Å². The first-order valence-corrected chi connectivity index (χ1v) is 10.6. The molecule has 3 saturated carbocycles. The molecule has 138 valence electrons. The van der Waals surface area contributed by atoms with Gasteiger partial charge < -0.3 is 16.8 Å². The van der Waals surface area contributed by atoms with Gasteiger partial charge in [-0.05, 0) is 50.4 Å². The van der Waals surface area contributed by atoms with E-state index in [4.69, 9.17) is 11.5 Å². The molecular formula is C20H38N4. The molecule has 4 fully saturated rings. The van der Waals surface area contributed by atoms with E-state index < -0.39 is 0 Å². The lowest BCUT2D eigenvalue weighted by molar-refractivity contribution is -0.0634. The van der Waals surface area contributed by atoms with Gasteiger partial charge in [-0.3, -0.25) is 4.90 Å². The maximum atomic E-state index is 6.52. The van der Waals surface area contributed by atoms with Gasteiger partial charge in [0.1, 0.15) is 0 Å². The zero-order valence-corrected chi connectivity index (χ0v) is 15.7. The van der Waals surface area contributed by atoms with Gasteiger partial charge in [0.25, 0.3) is 0 Å². The lowest BCUT2D eigenvalue weighted by atomic mass is 9.70. The Labute approximate surface area is 148 Å². The summed E-state index contributed by atoms with van der Waals surface area (Å²) >= 11 is 0. The van der Waals surface area contributed by atoms with Crippen LogP contribution < -0.4 is 16.8 Å². The van der Waals surface area contributed by atoms with E-state index in [1.165, 1.54) is 57.8 Å². The first-order valence-electron chi connectivity index (χ1n) is 10.6. The predicted octanol–water partition coefficient (Wildman–Crippen LogP) is 2.21. The summed E-state index contributed by atoms with van der Waals surface area (Å²) in [6.45, 7) is 4.69. The lowest BCUT2D eigenvalue weighted by Crippen LogP contribution is -2.74. The molecule has 1 heterocycles. The minimum atomic E-state index is 0.367. The second-order valence-corrected chi connectivity index (χ2v) is 9.48. The minimum Gasteiger partial charge on any atom is -0.327 e. The summed E-state index contributed by atoms with van der Waals surface area (Å²) in [6.07, 6.45) is 11.9. The van der Waals surface area contributed by atoms with Gasteiger partial charge >= 0.3 is 0 Å². The molecule has 0 bridgehead atoms. The van der Waals surface area contributed by atoms with Gasteiger partial charge in [-0.2, -0.15) is 0 Å². The quantitative estimate of drug-likeness (QED) is 0.688. The summed E-state index contributed by atoms with van der Waals surface area (Å²) in [4.78, 5) is 2.96. The monoisotopic (exact) mass is 334 g/mol. The molecule has 4 aliphatic rings. The summed E-state index contributed by atoms with van der Waals surface area (Å²) in [5.74, 6) is 1.29. The van der Waals surface area contributed by atoms with Crippen molar-refractivity contribution in [2.24, 2.45) is 23.3 Å². The molecule has 3 aliphatic carbocycles. The maximum Gasteiger partial charge on any atom is 0.0270 e. The van der Waals surface area contributed by atoms with Gasteiger partial charge in [0.2, 0.25) is 0 Å². The normalized spacial score (nSPS) is 51.0. The third-order valence-corrected chi connectivity index (χ3v) is 7.86. The number of hydrogen-bond acceptors (Lipinski definition) is 4. The maximum absolute atomic E-state index is 6.52. The Morgan fingerprint density at radius 1 is 0.750 bits per heavy atom. The van der Waals surface area contributed by atoms with E-state index in [-0.39, 0.29) is 0 Å². The van der Waals surface area contributed by atoms with E-state index in [0.717, 1.165) is 6.04 Å². The van der Waals surface area contributed by atoms with Gasteiger partial charge in [-0.15, -0.1) is 0 Å². The molecule has 4 nitrogen and oxygen atoms in total. The molecule has 24 heavy (non-hydrogen) atoms. The summed E-state index contributed by atoms with van der Waals surface area (Å²) < 4.78 is 0. The third-order valence-electron chi connectivity index (χ3n) is 7.86. The zero-order valence-electron chi connectivity index (χ0n) is 15.7. The molecule has 1 saturated heterocycles. The number of hydrogen-bond donors (Lipinski definition) is 3. The second kappa shape index (κ2) is 6.86. The Morgan fingerprint density at radius 3 is 1.75 bits per heavy atom. The van der Waals surface area contributed by atoms with Crippen molar-refractivity contribution in [3.8, 4) is 0 Å². The first-order chi connectivity index (χ1) is 11.5. The lowest BCUT2D eigenvalue weighted by Gasteiger charge is -2.60. The van der Waals surface area contributed by atoms with Crippen molar-refractivity contribution < 1.29 is 0 Å². The Bertz CT molecular complexity index is 405. The van der Waals surface area contributed by atoms with Crippen molar-refractivity contribution in [1.82, 2.24) is 10.2 Å². The summed E-state index contributed by atoms with van der Waals surface area (Å²) in [6, 6.07) is 4.08. The Balaban J connectivity index is 1.61. The van der Waals surface area contributed by atoms with Gasteiger partial charge in [0.05, 0.1) is 0 Å². The van der Waals surface area contributed by atoms with Crippen LogP contribution in [0.3, 0.4) is 0 Å². The number of nitrogens with one attached hydrogen (secondary N) is 1. The SMILES string of the molecule is CC1CC2NC3CC(C)C(N)CC3N(C3CCCCC3)C2CC1N. The fraction of sp³-hybridized carbons (Fsp3) is 1.00. The van der Waals surface area contributed by atoms with Crippen LogP contribution in [0.1, 0.15) is 71.6 Å². The van der Waals surface area contributed by atoms with Crippen LogP contribution in [0.2, 0.25) is 0 Å². The predicted molar refractivity (Wildman–Crippen MR) is 99.7 cm³/mol. The van der Waals surface area contributed by atoms with Crippen molar-refractivity contribution in [3.63, 3.8) is 0 Å². The fourth-order valence-corrected chi connectivity index (χ4v) is 6.27. The average molecular weight is 335 g/mol. The highest BCUT2D eigenvalue weighted by Gasteiger charge is 2.50. The molecule has 0 aromatic heterocycles. The van der Waals surface area contributed by atoms with E-state index in [9.17, 15) is 0 Å². The third kappa shape index (κ3) is 3.04. The second-order valence-electron chi connectivity index (χ2n) is 9.48. The molecule has 1 aliphatic heterocycles. The summed E-state index contributed by atoms with van der Waals surface area (Å²) in [5, 5.41) is 4.08. The molecule has 0 aromatic rings. The molecule has 0 spiro atoms. The fourth-order valence-electron chi connectivity index (χ4n) is 6.27. The van der Waals surface area contributed by atoms with Crippen LogP contribution in [0.5, 0.6) is 0 Å². The highest BCUT2D eigenvalue weighted by Crippen LogP contribution is 2.41. The number of nitrogens with two attached hydrogens (primary N) is 2. The minimum absolute atomic E-state index is 0.367. The average Bonchev–Trinajstić information content (AvgIpc) is 2.57. The van der Waals surface area contributed by atoms with Crippen LogP contribution in [0.15, 0.2) is 0 Å². The van der Waals surface area contributed by atoms with Gasteiger partial charge in [-0.1, -0.05) is 33.1 Å². The van der Waals surface area contributed by atoms with Crippen molar-refractivity contribution in [1.29, 1.82) is 0 Å². The molecule has 0 radical (unpaired) electrons. The van der Waals surface area contributed by atoms with Crippen LogP contribution >= 0.6 is 0 Å². The van der Waals surface area contributed by atoms with E-state index in [1.807, 2.05) is 0 Å². The van der Waals surface area contributed by atoms with Crippen LogP contribution in [0.25, 0.3) is 0 Å². The smallest absolute Gasteiger partial charge is 0.0270 e. The Morgan fingerprint density at radius 2 is 1.25 bits per heavy atom. The molecule has 8 unspecified atom stereocenters. The molecule has 5 N–H and O–H groups in total. The van der Waals surface area contributed by atoms with E-state index >= 15 is 0 Å². The van der Waals surface area contributed by atoms with Crippen molar-refractivity contribution in [2.75, 3.05) is 0 Å². The van der Waals surface area contributed by atoms with E-state index in [1.54, 1.807) is 0 Å². The zero-order chi connectivity index (χ0) is 16.8. The largest absolute Gasteiger partial charge is 0.327 e. The van der Waals surface area contributed by atoms with Crippen molar-refractivity contribution >= 4 is 0 Å². The van der Waals surface area contributed by atoms with E-state index in [0.29, 0.717) is 48.1 Å². The molecule has 0 aromatic carbocycles. The summed E-state index contributed by atoms with van der Waals surface area (Å²) in [7, 11) is 0. The number of fused-ring (bicyclic) bond motifs is 2. The number of rotatable bonds is 1. The highest BCUT2D eigenvalue weighted by atomic mass is 15.3. The van der Waals surface area contributed by atoms with Crippen molar-refractivity contribution in [2.45, 2.75) is 114 Å². The number of nitrogens with zero attached hydrogens (tertiary/aromatic N) is 1. The van der Waals surface area contributed by atoms with Gasteiger partial charge in [0, 0.05) is 42.3 Å². The standard InChI is InChI=1S/C20H38N4/c1-12-8-17-19(10-15(12)21)24(14-6-4-3-5-7-14)20-11-16(22)13(2)9-18(20)23-17/h12-20,23H,3-11,21-22H2,1-2H3.